The number of hydrogen-bond acceptors (Lipinski definition) is 1. The molecule has 0 unspecified atom stereocenters. The van der Waals surface area contributed by atoms with Gasteiger partial charge >= 0.3 is 0 Å². The summed E-state index contributed by atoms with van der Waals surface area (Å²) in [7, 11) is 0. The topological polar surface area (TPSA) is 26.0 Å². The third kappa shape index (κ3) is 3.63. The molecular formula is C17H25N. The summed E-state index contributed by atoms with van der Waals surface area (Å²) in [4.78, 5) is 0. The molecule has 0 atom stereocenters. The van der Waals surface area contributed by atoms with Gasteiger partial charge in [0, 0.05) is 5.69 Å². The molecule has 1 fully saturated rings. The van der Waals surface area contributed by atoms with Crippen molar-refractivity contribution in [2.75, 3.05) is 5.73 Å². The van der Waals surface area contributed by atoms with Crippen LogP contribution in [0.25, 0.3) is 5.57 Å². The molecule has 1 aromatic carbocycles. The van der Waals surface area contributed by atoms with Gasteiger partial charge in [-0.05, 0) is 65.8 Å². The lowest BCUT2D eigenvalue weighted by Crippen LogP contribution is -2.06. The Morgan fingerprint density at radius 1 is 1.33 bits per heavy atom. The van der Waals surface area contributed by atoms with E-state index in [0.717, 1.165) is 24.4 Å². The van der Waals surface area contributed by atoms with E-state index in [4.69, 9.17) is 5.73 Å². The summed E-state index contributed by atoms with van der Waals surface area (Å²) in [5.74, 6) is 0.874. The third-order valence-corrected chi connectivity index (χ3v) is 3.50. The van der Waals surface area contributed by atoms with Crippen LogP contribution in [0, 0.1) is 11.3 Å². The second kappa shape index (κ2) is 4.79. The van der Waals surface area contributed by atoms with E-state index in [9.17, 15) is 0 Å². The highest BCUT2D eigenvalue weighted by Crippen LogP contribution is 2.36. The van der Waals surface area contributed by atoms with Crippen LogP contribution in [0.5, 0.6) is 0 Å². The standard InChI is InChI=1S/C17H25N/c1-12(11-17(2,3)4)14-7-8-16(18)15(10-14)9-13-5-6-13/h7-8,10,13H,1,5-6,9,11,18H2,2-4H3. The third-order valence-electron chi connectivity index (χ3n) is 3.50. The van der Waals surface area contributed by atoms with Crippen LogP contribution < -0.4 is 5.73 Å². The maximum absolute atomic E-state index is 6.06. The van der Waals surface area contributed by atoms with Gasteiger partial charge in [-0.2, -0.15) is 0 Å². The van der Waals surface area contributed by atoms with Crippen LogP contribution in [0.2, 0.25) is 0 Å². The van der Waals surface area contributed by atoms with Crippen molar-refractivity contribution in [3.63, 3.8) is 0 Å². The van der Waals surface area contributed by atoms with E-state index in [1.807, 2.05) is 6.07 Å². The zero-order chi connectivity index (χ0) is 13.3. The fraction of sp³-hybridized carbons (Fsp3) is 0.529. The summed E-state index contributed by atoms with van der Waals surface area (Å²) in [5.41, 5.74) is 11.1. The van der Waals surface area contributed by atoms with Crippen molar-refractivity contribution in [3.8, 4) is 0 Å². The molecule has 1 aromatic rings. The Morgan fingerprint density at radius 2 is 2.00 bits per heavy atom. The Hall–Kier alpha value is -1.24. The van der Waals surface area contributed by atoms with E-state index in [2.05, 4.69) is 39.5 Å². The predicted octanol–water partition coefficient (Wildman–Crippen LogP) is 4.67. The minimum absolute atomic E-state index is 0.287. The van der Waals surface area contributed by atoms with Crippen LogP contribution in [0.1, 0.15) is 51.2 Å². The van der Waals surface area contributed by atoms with Crippen molar-refractivity contribution < 1.29 is 0 Å². The summed E-state index contributed by atoms with van der Waals surface area (Å²) in [6, 6.07) is 6.41. The summed E-state index contributed by atoms with van der Waals surface area (Å²) >= 11 is 0. The van der Waals surface area contributed by atoms with Crippen molar-refractivity contribution in [2.24, 2.45) is 11.3 Å². The molecule has 0 bridgehead atoms. The Bertz CT molecular complexity index is 447. The molecule has 0 saturated heterocycles. The number of hydrogen-bond donors (Lipinski definition) is 1. The molecule has 1 saturated carbocycles. The molecule has 2 rings (SSSR count). The second-order valence-electron chi connectivity index (χ2n) is 6.90. The van der Waals surface area contributed by atoms with Crippen LogP contribution in [-0.4, -0.2) is 0 Å². The molecule has 0 aromatic heterocycles. The van der Waals surface area contributed by atoms with Crippen LogP contribution in [0.4, 0.5) is 5.69 Å². The van der Waals surface area contributed by atoms with Crippen molar-refractivity contribution in [1.82, 2.24) is 0 Å². The molecule has 0 spiro atoms. The highest BCUT2D eigenvalue weighted by atomic mass is 14.6. The number of anilines is 1. The summed E-state index contributed by atoms with van der Waals surface area (Å²) in [6.45, 7) is 11.0. The number of allylic oxidation sites excluding steroid dienone is 1. The van der Waals surface area contributed by atoms with Gasteiger partial charge in [0.2, 0.25) is 0 Å². The Labute approximate surface area is 111 Å². The average Bonchev–Trinajstić information content (AvgIpc) is 3.02. The van der Waals surface area contributed by atoms with E-state index in [1.165, 1.54) is 29.5 Å². The van der Waals surface area contributed by atoms with E-state index < -0.39 is 0 Å². The molecule has 2 N–H and O–H groups in total. The van der Waals surface area contributed by atoms with Crippen molar-refractivity contribution in [2.45, 2.75) is 46.5 Å². The van der Waals surface area contributed by atoms with Gasteiger partial charge in [-0.25, -0.2) is 0 Å². The normalized spacial score (nSPS) is 15.7. The fourth-order valence-corrected chi connectivity index (χ4v) is 2.38. The van der Waals surface area contributed by atoms with Gasteiger partial charge < -0.3 is 5.73 Å². The fourth-order valence-electron chi connectivity index (χ4n) is 2.38. The van der Waals surface area contributed by atoms with Crippen molar-refractivity contribution in [1.29, 1.82) is 0 Å². The Morgan fingerprint density at radius 3 is 2.56 bits per heavy atom. The monoisotopic (exact) mass is 243 g/mol. The molecule has 1 aliphatic rings. The SMILES string of the molecule is C=C(CC(C)(C)C)c1ccc(N)c(CC2CC2)c1. The van der Waals surface area contributed by atoms with Gasteiger partial charge in [0.25, 0.3) is 0 Å². The van der Waals surface area contributed by atoms with Crippen molar-refractivity contribution >= 4 is 11.3 Å². The lowest BCUT2D eigenvalue weighted by molar-refractivity contribution is 0.427. The van der Waals surface area contributed by atoms with E-state index in [0.29, 0.717) is 0 Å². The zero-order valence-corrected chi connectivity index (χ0v) is 11.9. The molecular weight excluding hydrogens is 218 g/mol. The van der Waals surface area contributed by atoms with E-state index >= 15 is 0 Å². The second-order valence-corrected chi connectivity index (χ2v) is 6.90. The molecule has 0 heterocycles. The highest BCUT2D eigenvalue weighted by molar-refractivity contribution is 5.67. The maximum Gasteiger partial charge on any atom is 0.0347 e. The van der Waals surface area contributed by atoms with Gasteiger partial charge in [0.1, 0.15) is 0 Å². The van der Waals surface area contributed by atoms with E-state index in [1.54, 1.807) is 0 Å². The first kappa shape index (κ1) is 13.2. The summed E-state index contributed by atoms with van der Waals surface area (Å²) in [6.07, 6.45) is 4.90. The zero-order valence-electron chi connectivity index (χ0n) is 11.9. The highest BCUT2D eigenvalue weighted by Gasteiger charge is 2.22. The summed E-state index contributed by atoms with van der Waals surface area (Å²) < 4.78 is 0. The van der Waals surface area contributed by atoms with Gasteiger partial charge in [-0.15, -0.1) is 0 Å². The first-order valence-corrected chi connectivity index (χ1v) is 6.92. The van der Waals surface area contributed by atoms with Gasteiger partial charge in [0.05, 0.1) is 0 Å². The van der Waals surface area contributed by atoms with Crippen LogP contribution in [0.3, 0.4) is 0 Å². The molecule has 0 amide bonds. The first-order chi connectivity index (χ1) is 8.35. The van der Waals surface area contributed by atoms with Crippen LogP contribution in [0.15, 0.2) is 24.8 Å². The van der Waals surface area contributed by atoms with E-state index in [-0.39, 0.29) is 5.41 Å². The average molecular weight is 243 g/mol. The minimum Gasteiger partial charge on any atom is -0.399 e. The molecule has 98 valence electrons. The Balaban J connectivity index is 2.15. The molecule has 1 aliphatic carbocycles. The lowest BCUT2D eigenvalue weighted by atomic mass is 9.85. The number of nitrogen functional groups attached to an aromatic ring is 1. The van der Waals surface area contributed by atoms with Crippen LogP contribution in [-0.2, 0) is 6.42 Å². The lowest BCUT2D eigenvalue weighted by Gasteiger charge is -2.20. The number of benzene rings is 1. The molecule has 1 nitrogen and oxygen atoms in total. The molecule has 0 aliphatic heterocycles. The molecule has 18 heavy (non-hydrogen) atoms. The van der Waals surface area contributed by atoms with Gasteiger partial charge in [-0.1, -0.05) is 33.4 Å². The minimum atomic E-state index is 0.287. The molecule has 1 heteroatoms. The summed E-state index contributed by atoms with van der Waals surface area (Å²) in [5, 5.41) is 0. The first-order valence-electron chi connectivity index (χ1n) is 6.92. The van der Waals surface area contributed by atoms with Gasteiger partial charge in [0.15, 0.2) is 0 Å². The van der Waals surface area contributed by atoms with Crippen molar-refractivity contribution in [3.05, 3.63) is 35.9 Å². The smallest absolute Gasteiger partial charge is 0.0347 e. The molecule has 0 radical (unpaired) electrons. The number of nitrogens with two attached hydrogens (primary N) is 1. The largest absolute Gasteiger partial charge is 0.399 e. The Kier molecular flexibility index (Phi) is 3.52. The quantitative estimate of drug-likeness (QED) is 0.764. The number of rotatable bonds is 4. The van der Waals surface area contributed by atoms with Gasteiger partial charge in [-0.3, -0.25) is 0 Å². The van der Waals surface area contributed by atoms with Crippen LogP contribution >= 0.6 is 0 Å². The predicted molar refractivity (Wildman–Crippen MR) is 80.4 cm³/mol. The maximum atomic E-state index is 6.06.